The fourth-order valence-electron chi connectivity index (χ4n) is 5.08. The average Bonchev–Trinajstić information content (AvgIpc) is 2.82. The number of primary amides is 1. The van der Waals surface area contributed by atoms with Crippen molar-refractivity contribution in [1.29, 1.82) is 0 Å². The van der Waals surface area contributed by atoms with Crippen molar-refractivity contribution in [2.45, 2.75) is 78.2 Å². The molecule has 2 aliphatic carbocycles. The molecule has 1 amide bonds. The summed E-state index contributed by atoms with van der Waals surface area (Å²) in [6, 6.07) is 3.20. The van der Waals surface area contributed by atoms with Crippen LogP contribution in [0.2, 0.25) is 0 Å². The number of nitrogens with one attached hydrogen (secondary N) is 1. The molecule has 0 unspecified atom stereocenters. The van der Waals surface area contributed by atoms with Crippen molar-refractivity contribution >= 4 is 17.4 Å². The third kappa shape index (κ3) is 4.23. The molecule has 1 saturated carbocycles. The fourth-order valence-corrected chi connectivity index (χ4v) is 5.08. The first kappa shape index (κ1) is 21.5. The fraction of sp³-hybridized carbons (Fsp3) is 0.542. The minimum atomic E-state index is -0.796. The number of carbonyl (C=O) groups is 2. The molecule has 0 saturated heterocycles. The van der Waals surface area contributed by atoms with Gasteiger partial charge in [0.05, 0.1) is 33.9 Å². The van der Waals surface area contributed by atoms with Crippen LogP contribution in [0.25, 0.3) is 5.69 Å². The number of aromatic nitrogens is 2. The lowest BCUT2D eigenvalue weighted by Crippen LogP contribution is -2.28. The number of amides is 1. The van der Waals surface area contributed by atoms with Crippen LogP contribution in [0.4, 0.5) is 10.1 Å². The van der Waals surface area contributed by atoms with E-state index >= 15 is 4.39 Å². The van der Waals surface area contributed by atoms with Crippen molar-refractivity contribution in [2.24, 2.45) is 11.1 Å². The molecule has 3 N–H and O–H groups in total. The van der Waals surface area contributed by atoms with Crippen molar-refractivity contribution in [3.63, 3.8) is 0 Å². The topological polar surface area (TPSA) is 90.0 Å². The predicted octanol–water partition coefficient (Wildman–Crippen LogP) is 4.71. The maximum absolute atomic E-state index is 15.1. The van der Waals surface area contributed by atoms with Gasteiger partial charge >= 0.3 is 0 Å². The number of nitrogens with zero attached hydrogens (tertiary/aromatic N) is 2. The van der Waals surface area contributed by atoms with Crippen molar-refractivity contribution in [3.05, 3.63) is 40.5 Å². The second kappa shape index (κ2) is 8.09. The van der Waals surface area contributed by atoms with E-state index in [4.69, 9.17) is 5.73 Å². The van der Waals surface area contributed by atoms with E-state index in [9.17, 15) is 9.59 Å². The number of hydrogen-bond donors (Lipinski definition) is 2. The van der Waals surface area contributed by atoms with Crippen LogP contribution >= 0.6 is 0 Å². The van der Waals surface area contributed by atoms with Crippen LogP contribution in [0, 0.1) is 18.2 Å². The van der Waals surface area contributed by atoms with Gasteiger partial charge in [0.15, 0.2) is 5.78 Å². The van der Waals surface area contributed by atoms with Gasteiger partial charge in [-0.1, -0.05) is 39.5 Å². The van der Waals surface area contributed by atoms with Gasteiger partial charge in [0, 0.05) is 18.5 Å². The van der Waals surface area contributed by atoms with Crippen LogP contribution < -0.4 is 11.1 Å². The number of ketones is 1. The highest BCUT2D eigenvalue weighted by molar-refractivity contribution is 6.00. The Morgan fingerprint density at radius 2 is 1.87 bits per heavy atom. The van der Waals surface area contributed by atoms with Crippen LogP contribution in [0.15, 0.2) is 12.1 Å². The highest BCUT2D eigenvalue weighted by Crippen LogP contribution is 2.37. The van der Waals surface area contributed by atoms with Crippen molar-refractivity contribution in [1.82, 2.24) is 9.78 Å². The summed E-state index contributed by atoms with van der Waals surface area (Å²) in [5.74, 6) is -1.40. The zero-order valence-corrected chi connectivity index (χ0v) is 18.6. The zero-order chi connectivity index (χ0) is 22.3. The molecular weight excluding hydrogens is 395 g/mol. The summed E-state index contributed by atoms with van der Waals surface area (Å²) in [7, 11) is 0. The number of Topliss-reactive ketones (excluding diaryl/α,β-unsaturated/α-hetero) is 1. The van der Waals surface area contributed by atoms with E-state index in [-0.39, 0.29) is 22.8 Å². The zero-order valence-electron chi connectivity index (χ0n) is 18.6. The van der Waals surface area contributed by atoms with E-state index < -0.39 is 11.7 Å². The molecule has 1 fully saturated rings. The number of aryl methyl sites for hydroxylation is 1. The summed E-state index contributed by atoms with van der Waals surface area (Å²) in [5.41, 5.74) is 8.18. The molecule has 0 atom stereocenters. The lowest BCUT2D eigenvalue weighted by Gasteiger charge is -2.29. The molecule has 1 aromatic carbocycles. The minimum absolute atomic E-state index is 0.0704. The Bertz CT molecular complexity index is 1030. The molecule has 0 radical (unpaired) electrons. The number of benzene rings is 1. The Labute approximate surface area is 182 Å². The summed E-state index contributed by atoms with van der Waals surface area (Å²) in [6.07, 6.45) is 7.68. The summed E-state index contributed by atoms with van der Waals surface area (Å²) in [4.78, 5) is 24.8. The number of anilines is 1. The van der Waals surface area contributed by atoms with Crippen molar-refractivity contribution in [3.8, 4) is 5.69 Å². The molecule has 2 aromatic rings. The van der Waals surface area contributed by atoms with Gasteiger partial charge in [0.1, 0.15) is 5.82 Å². The highest BCUT2D eigenvalue weighted by atomic mass is 19.1. The number of nitrogens with two attached hydrogens (primary N) is 1. The molecule has 1 aromatic heterocycles. The Morgan fingerprint density at radius 1 is 1.19 bits per heavy atom. The molecule has 1 heterocycles. The van der Waals surface area contributed by atoms with Gasteiger partial charge in [-0.15, -0.1) is 0 Å². The average molecular weight is 427 g/mol. The number of hydrogen-bond acceptors (Lipinski definition) is 4. The maximum atomic E-state index is 15.1. The third-order valence-electron chi connectivity index (χ3n) is 6.50. The van der Waals surface area contributed by atoms with Gasteiger partial charge in [-0.05, 0) is 37.7 Å². The van der Waals surface area contributed by atoms with Gasteiger partial charge in [0.25, 0.3) is 5.91 Å². The first-order chi connectivity index (χ1) is 14.7. The first-order valence-electron chi connectivity index (χ1n) is 11.2. The largest absolute Gasteiger partial charge is 0.382 e. The van der Waals surface area contributed by atoms with Crippen LogP contribution in [0.5, 0.6) is 0 Å². The minimum Gasteiger partial charge on any atom is -0.382 e. The van der Waals surface area contributed by atoms with E-state index in [2.05, 4.69) is 24.3 Å². The number of halogens is 1. The molecule has 166 valence electrons. The lowest BCUT2D eigenvalue weighted by atomic mass is 9.75. The molecule has 31 heavy (non-hydrogen) atoms. The second-order valence-electron chi connectivity index (χ2n) is 9.81. The quantitative estimate of drug-likeness (QED) is 0.693. The van der Waals surface area contributed by atoms with E-state index in [0.29, 0.717) is 35.5 Å². The summed E-state index contributed by atoms with van der Waals surface area (Å²) in [6.45, 7) is 5.91. The molecule has 6 nitrogen and oxygen atoms in total. The van der Waals surface area contributed by atoms with Gasteiger partial charge < -0.3 is 11.1 Å². The molecule has 7 heteroatoms. The number of carbonyl (C=O) groups excluding carboxylic acids is 2. The third-order valence-corrected chi connectivity index (χ3v) is 6.50. The molecule has 0 spiro atoms. The first-order valence-corrected chi connectivity index (χ1v) is 11.2. The van der Waals surface area contributed by atoms with Gasteiger partial charge in [-0.25, -0.2) is 9.07 Å². The summed E-state index contributed by atoms with van der Waals surface area (Å²) < 4.78 is 16.8. The molecular formula is C24H31FN4O2. The van der Waals surface area contributed by atoms with E-state index in [1.807, 2.05) is 6.92 Å². The van der Waals surface area contributed by atoms with Crippen LogP contribution in [-0.4, -0.2) is 27.5 Å². The van der Waals surface area contributed by atoms with Gasteiger partial charge in [-0.2, -0.15) is 5.10 Å². The Morgan fingerprint density at radius 3 is 2.52 bits per heavy atom. The van der Waals surface area contributed by atoms with Crippen LogP contribution in [-0.2, 0) is 6.42 Å². The van der Waals surface area contributed by atoms with E-state index in [1.54, 1.807) is 10.7 Å². The molecule has 0 aliphatic heterocycles. The van der Waals surface area contributed by atoms with Crippen molar-refractivity contribution in [2.75, 3.05) is 5.32 Å². The lowest BCUT2D eigenvalue weighted by molar-refractivity contribution is 0.0909. The van der Waals surface area contributed by atoms with Crippen LogP contribution in [0.3, 0.4) is 0 Å². The van der Waals surface area contributed by atoms with Crippen molar-refractivity contribution < 1.29 is 14.0 Å². The summed E-state index contributed by atoms with van der Waals surface area (Å²) in [5, 5.41) is 7.97. The summed E-state index contributed by atoms with van der Waals surface area (Å²) >= 11 is 0. The smallest absolute Gasteiger partial charge is 0.253 e. The monoisotopic (exact) mass is 426 g/mol. The number of rotatable bonds is 4. The Hall–Kier alpha value is -2.70. The maximum Gasteiger partial charge on any atom is 0.253 e. The van der Waals surface area contributed by atoms with E-state index in [0.717, 1.165) is 31.4 Å². The Kier molecular flexibility index (Phi) is 5.62. The SMILES string of the molecule is Cc1nn(-c2cc(F)c(C(N)=O)c(NC3CCCCCC3)c2)c2c1C(=O)CC(C)(C)C2. The molecule has 0 bridgehead atoms. The molecule has 2 aliphatic rings. The van der Waals surface area contributed by atoms with Gasteiger partial charge in [0.2, 0.25) is 0 Å². The Balaban J connectivity index is 1.80. The van der Waals surface area contributed by atoms with Crippen LogP contribution in [0.1, 0.15) is 90.9 Å². The van der Waals surface area contributed by atoms with Gasteiger partial charge in [-0.3, -0.25) is 9.59 Å². The predicted molar refractivity (Wildman–Crippen MR) is 118 cm³/mol. The second-order valence-corrected chi connectivity index (χ2v) is 9.81. The van der Waals surface area contributed by atoms with E-state index in [1.165, 1.54) is 18.9 Å². The highest BCUT2D eigenvalue weighted by Gasteiger charge is 2.36. The number of fused-ring (bicyclic) bond motifs is 1. The molecule has 4 rings (SSSR count). The standard InChI is InChI=1S/C24H31FN4O2/c1-14-21-19(12-24(2,3)13-20(21)30)29(28-14)16-10-17(25)22(23(26)31)18(11-16)27-15-8-6-4-5-7-9-15/h10-11,15,27H,4-9,12-13H2,1-3H3,(H2,26,31). The normalized spacial score (nSPS) is 19.0.